The van der Waals surface area contributed by atoms with Gasteiger partial charge in [0.25, 0.3) is 5.91 Å². The first-order valence-electron chi connectivity index (χ1n) is 9.49. The molecule has 1 aromatic rings. The number of likely N-dealkylation sites (tertiary alicyclic amines) is 2. The van der Waals surface area contributed by atoms with Gasteiger partial charge in [0.2, 0.25) is 0 Å². The number of rotatable bonds is 6. The Morgan fingerprint density at radius 2 is 1.75 bits per heavy atom. The van der Waals surface area contributed by atoms with Gasteiger partial charge in [0.1, 0.15) is 0 Å². The summed E-state index contributed by atoms with van der Waals surface area (Å²) in [4.78, 5) is 17.1. The van der Waals surface area contributed by atoms with Crippen molar-refractivity contribution < 1.29 is 4.79 Å². The van der Waals surface area contributed by atoms with Crippen LogP contribution in [0.3, 0.4) is 0 Å². The van der Waals surface area contributed by atoms with Crippen LogP contribution in [0, 0.1) is 5.92 Å². The molecule has 0 aromatic heterocycles. The quantitative estimate of drug-likeness (QED) is 0.872. The minimum absolute atomic E-state index is 0.0654. The highest BCUT2D eigenvalue weighted by Gasteiger charge is 2.16. The van der Waals surface area contributed by atoms with Gasteiger partial charge in [0.15, 0.2) is 0 Å². The molecule has 1 aromatic carbocycles. The van der Waals surface area contributed by atoms with Gasteiger partial charge in [-0.2, -0.15) is 0 Å². The summed E-state index contributed by atoms with van der Waals surface area (Å²) in [6.07, 6.45) is 6.26. The van der Waals surface area contributed by atoms with Crippen molar-refractivity contribution in [2.45, 2.75) is 38.6 Å². The number of piperidine rings is 1. The molecule has 0 radical (unpaired) electrons. The van der Waals surface area contributed by atoms with E-state index in [0.29, 0.717) is 0 Å². The maximum absolute atomic E-state index is 12.3. The van der Waals surface area contributed by atoms with Crippen molar-refractivity contribution in [1.29, 1.82) is 0 Å². The van der Waals surface area contributed by atoms with Gasteiger partial charge in [-0.1, -0.05) is 12.1 Å². The molecule has 2 saturated heterocycles. The lowest BCUT2D eigenvalue weighted by Gasteiger charge is -2.28. The van der Waals surface area contributed by atoms with Crippen LogP contribution in [-0.2, 0) is 6.54 Å². The summed E-state index contributed by atoms with van der Waals surface area (Å²) in [6.45, 7) is 6.60. The second kappa shape index (κ2) is 8.63. The van der Waals surface area contributed by atoms with Gasteiger partial charge in [0.05, 0.1) is 0 Å². The predicted octanol–water partition coefficient (Wildman–Crippen LogP) is 2.74. The summed E-state index contributed by atoms with van der Waals surface area (Å²) in [6, 6.07) is 8.14. The molecule has 2 heterocycles. The van der Waals surface area contributed by atoms with Crippen LogP contribution in [0.5, 0.6) is 0 Å². The molecule has 132 valence electrons. The number of hydrogen-bond donors (Lipinski definition) is 1. The predicted molar refractivity (Wildman–Crippen MR) is 98.1 cm³/mol. The van der Waals surface area contributed by atoms with E-state index in [2.05, 4.69) is 34.3 Å². The Morgan fingerprint density at radius 3 is 2.42 bits per heavy atom. The molecule has 1 N–H and O–H groups in total. The van der Waals surface area contributed by atoms with Crippen molar-refractivity contribution in [3.05, 3.63) is 35.4 Å². The Morgan fingerprint density at radius 1 is 1.08 bits per heavy atom. The highest BCUT2D eigenvalue weighted by Crippen LogP contribution is 2.19. The van der Waals surface area contributed by atoms with Crippen LogP contribution in [0.2, 0.25) is 0 Å². The molecule has 0 unspecified atom stereocenters. The molecule has 4 nitrogen and oxygen atoms in total. The van der Waals surface area contributed by atoms with E-state index in [-0.39, 0.29) is 5.91 Å². The number of hydrogen-bond acceptors (Lipinski definition) is 3. The standard InChI is InChI=1S/C20H31N3O/c1-22-14-9-17(10-15-22)8-11-21-20(24)19-6-4-18(5-7-19)16-23-12-2-3-13-23/h4-7,17H,2-3,8-16H2,1H3,(H,21,24). The van der Waals surface area contributed by atoms with Gasteiger partial charge in [-0.15, -0.1) is 0 Å². The fourth-order valence-corrected chi connectivity index (χ4v) is 3.80. The summed E-state index contributed by atoms with van der Waals surface area (Å²) in [5.74, 6) is 0.833. The molecule has 4 heteroatoms. The van der Waals surface area contributed by atoms with E-state index in [1.54, 1.807) is 0 Å². The Kier molecular flexibility index (Phi) is 6.27. The minimum atomic E-state index is 0.0654. The highest BCUT2D eigenvalue weighted by molar-refractivity contribution is 5.94. The molecule has 3 rings (SSSR count). The number of benzene rings is 1. The van der Waals surface area contributed by atoms with Crippen molar-refractivity contribution in [2.24, 2.45) is 5.92 Å². The van der Waals surface area contributed by atoms with Crippen LogP contribution in [0.1, 0.15) is 48.0 Å². The largest absolute Gasteiger partial charge is 0.352 e. The molecule has 2 fully saturated rings. The molecule has 0 bridgehead atoms. The van der Waals surface area contributed by atoms with E-state index in [4.69, 9.17) is 0 Å². The van der Waals surface area contributed by atoms with Gasteiger partial charge in [-0.3, -0.25) is 9.69 Å². The zero-order chi connectivity index (χ0) is 16.8. The topological polar surface area (TPSA) is 35.6 Å². The van der Waals surface area contributed by atoms with Crippen LogP contribution >= 0.6 is 0 Å². The first-order chi connectivity index (χ1) is 11.7. The summed E-state index contributed by atoms with van der Waals surface area (Å²) < 4.78 is 0. The van der Waals surface area contributed by atoms with E-state index >= 15 is 0 Å². The molecule has 0 saturated carbocycles. The third-order valence-corrected chi connectivity index (χ3v) is 5.50. The van der Waals surface area contributed by atoms with Crippen LogP contribution in [0.25, 0.3) is 0 Å². The lowest BCUT2D eigenvalue weighted by molar-refractivity contribution is 0.0949. The van der Waals surface area contributed by atoms with Gasteiger partial charge < -0.3 is 10.2 Å². The summed E-state index contributed by atoms with van der Waals surface area (Å²) in [5, 5.41) is 3.09. The van der Waals surface area contributed by atoms with Crippen LogP contribution in [0.15, 0.2) is 24.3 Å². The van der Waals surface area contributed by atoms with Crippen molar-refractivity contribution in [2.75, 3.05) is 39.8 Å². The average Bonchev–Trinajstić information content (AvgIpc) is 3.10. The van der Waals surface area contributed by atoms with E-state index < -0.39 is 0 Å². The van der Waals surface area contributed by atoms with Gasteiger partial charge in [-0.25, -0.2) is 0 Å². The molecule has 0 spiro atoms. The molecule has 24 heavy (non-hydrogen) atoms. The first kappa shape index (κ1) is 17.4. The number of carbonyl (C=O) groups is 1. The smallest absolute Gasteiger partial charge is 0.251 e. The normalized spacial score (nSPS) is 20.4. The number of amides is 1. The Balaban J connectivity index is 1.39. The van der Waals surface area contributed by atoms with E-state index in [0.717, 1.165) is 31.0 Å². The molecular weight excluding hydrogens is 298 g/mol. The zero-order valence-electron chi connectivity index (χ0n) is 15.0. The van der Waals surface area contributed by atoms with Crippen LogP contribution in [0.4, 0.5) is 0 Å². The first-order valence-corrected chi connectivity index (χ1v) is 9.49. The van der Waals surface area contributed by atoms with Gasteiger partial charge in [0, 0.05) is 18.7 Å². The maximum atomic E-state index is 12.3. The number of carbonyl (C=O) groups excluding carboxylic acids is 1. The Hall–Kier alpha value is -1.39. The minimum Gasteiger partial charge on any atom is -0.352 e. The molecule has 2 aliphatic heterocycles. The lowest BCUT2D eigenvalue weighted by atomic mass is 9.94. The fraction of sp³-hybridized carbons (Fsp3) is 0.650. The lowest BCUT2D eigenvalue weighted by Crippen LogP contribution is -2.32. The third kappa shape index (κ3) is 5.05. The van der Waals surface area contributed by atoms with E-state index in [1.807, 2.05) is 12.1 Å². The highest BCUT2D eigenvalue weighted by atomic mass is 16.1. The molecule has 0 atom stereocenters. The van der Waals surface area contributed by atoms with Crippen molar-refractivity contribution in [3.8, 4) is 0 Å². The van der Waals surface area contributed by atoms with Gasteiger partial charge >= 0.3 is 0 Å². The SMILES string of the molecule is CN1CCC(CCNC(=O)c2ccc(CN3CCCC3)cc2)CC1. The molecular formula is C20H31N3O. The third-order valence-electron chi connectivity index (χ3n) is 5.50. The zero-order valence-corrected chi connectivity index (χ0v) is 15.0. The van der Waals surface area contributed by atoms with Crippen molar-refractivity contribution in [1.82, 2.24) is 15.1 Å². The fourth-order valence-electron chi connectivity index (χ4n) is 3.80. The molecule has 0 aliphatic carbocycles. The van der Waals surface area contributed by atoms with Crippen LogP contribution in [-0.4, -0.2) is 55.5 Å². The molecule has 2 aliphatic rings. The maximum Gasteiger partial charge on any atom is 0.251 e. The summed E-state index contributed by atoms with van der Waals surface area (Å²) in [7, 11) is 2.19. The second-order valence-electron chi connectivity index (χ2n) is 7.47. The van der Waals surface area contributed by atoms with E-state index in [9.17, 15) is 4.79 Å². The number of nitrogens with zero attached hydrogens (tertiary/aromatic N) is 2. The van der Waals surface area contributed by atoms with Crippen molar-refractivity contribution in [3.63, 3.8) is 0 Å². The van der Waals surface area contributed by atoms with Crippen molar-refractivity contribution >= 4 is 5.91 Å². The Bertz CT molecular complexity index is 514. The molecule has 1 amide bonds. The average molecular weight is 329 g/mol. The van der Waals surface area contributed by atoms with E-state index in [1.165, 1.54) is 57.4 Å². The Labute approximate surface area is 146 Å². The van der Waals surface area contributed by atoms with Gasteiger partial charge in [-0.05, 0) is 88.9 Å². The summed E-state index contributed by atoms with van der Waals surface area (Å²) >= 11 is 0. The number of nitrogens with one attached hydrogen (secondary N) is 1. The summed E-state index contributed by atoms with van der Waals surface area (Å²) in [5.41, 5.74) is 2.09. The monoisotopic (exact) mass is 329 g/mol. The van der Waals surface area contributed by atoms with Crippen LogP contribution < -0.4 is 5.32 Å². The second-order valence-corrected chi connectivity index (χ2v) is 7.47.